The summed E-state index contributed by atoms with van der Waals surface area (Å²) < 4.78 is 6.00. The average molecular weight is 330 g/mol. The van der Waals surface area contributed by atoms with Crippen molar-refractivity contribution in [2.75, 3.05) is 0 Å². The Labute approximate surface area is 144 Å². The standard InChI is InChI=1S/C21H30O3/c1-12(22)21-18(24-21)11-17-15-5-4-13-10-14(23)6-8-19(13,2)16(15)7-9-20(17,21)3/h4,14-18,23H,5-11H2,1-3H3/t14-,15-,16+,17+,18-,19+,20+,21-/m1/s1. The van der Waals surface area contributed by atoms with Gasteiger partial charge in [-0.3, -0.25) is 4.79 Å². The second-order valence-electron chi connectivity index (χ2n) is 9.75. The van der Waals surface area contributed by atoms with E-state index in [1.165, 1.54) is 12.0 Å². The third-order valence-electron chi connectivity index (χ3n) is 9.03. The van der Waals surface area contributed by atoms with Crippen molar-refractivity contribution in [1.82, 2.24) is 0 Å². The molecule has 5 aliphatic rings. The highest BCUT2D eigenvalue weighted by molar-refractivity contribution is 5.90. The molecule has 4 aliphatic carbocycles. The normalized spacial score (nSPS) is 58.0. The SMILES string of the molecule is CC(=O)[C@@]12O[C@@H]1C[C@H]1[C@@H]3CC=C4C[C@H](O)CC[C@]4(C)[C@H]3CC[C@@]12C. The first-order valence-corrected chi connectivity index (χ1v) is 9.89. The number of ether oxygens (including phenoxy) is 1. The van der Waals surface area contributed by atoms with Crippen molar-refractivity contribution >= 4 is 5.78 Å². The maximum absolute atomic E-state index is 12.4. The summed E-state index contributed by atoms with van der Waals surface area (Å²) in [6.45, 7) is 6.54. The third kappa shape index (κ3) is 1.60. The summed E-state index contributed by atoms with van der Waals surface area (Å²) in [6, 6.07) is 0. The van der Waals surface area contributed by atoms with Gasteiger partial charge in [-0.25, -0.2) is 0 Å². The van der Waals surface area contributed by atoms with Crippen LogP contribution < -0.4 is 0 Å². The minimum absolute atomic E-state index is 0.0422. The number of epoxide rings is 1. The van der Waals surface area contributed by atoms with Crippen molar-refractivity contribution in [1.29, 1.82) is 0 Å². The molecule has 3 heteroatoms. The van der Waals surface area contributed by atoms with E-state index in [9.17, 15) is 9.90 Å². The number of rotatable bonds is 1. The molecule has 1 heterocycles. The highest BCUT2D eigenvalue weighted by Gasteiger charge is 2.79. The summed E-state index contributed by atoms with van der Waals surface area (Å²) in [5.74, 6) is 2.31. The molecule has 1 saturated heterocycles. The van der Waals surface area contributed by atoms with E-state index in [0.717, 1.165) is 44.4 Å². The van der Waals surface area contributed by atoms with Crippen LogP contribution >= 0.6 is 0 Å². The van der Waals surface area contributed by atoms with Gasteiger partial charge in [-0.15, -0.1) is 0 Å². The van der Waals surface area contributed by atoms with Gasteiger partial charge in [0, 0.05) is 5.41 Å². The van der Waals surface area contributed by atoms with E-state index in [-0.39, 0.29) is 28.8 Å². The zero-order chi connectivity index (χ0) is 16.9. The Morgan fingerprint density at radius 2 is 2.04 bits per heavy atom. The number of carbonyl (C=O) groups is 1. The van der Waals surface area contributed by atoms with Crippen LogP contribution in [0.3, 0.4) is 0 Å². The molecule has 24 heavy (non-hydrogen) atoms. The van der Waals surface area contributed by atoms with E-state index in [1.807, 2.05) is 0 Å². The Hall–Kier alpha value is -0.670. The molecule has 8 atom stereocenters. The van der Waals surface area contributed by atoms with E-state index in [4.69, 9.17) is 4.74 Å². The van der Waals surface area contributed by atoms with Crippen LogP contribution in [0.1, 0.15) is 65.7 Å². The van der Waals surface area contributed by atoms with Crippen LogP contribution in [0.15, 0.2) is 11.6 Å². The Morgan fingerprint density at radius 3 is 2.79 bits per heavy atom. The fraction of sp³-hybridized carbons (Fsp3) is 0.857. The fourth-order valence-electron chi connectivity index (χ4n) is 7.71. The number of aliphatic hydroxyl groups excluding tert-OH is 1. The number of hydrogen-bond acceptors (Lipinski definition) is 3. The zero-order valence-electron chi connectivity index (χ0n) is 15.2. The van der Waals surface area contributed by atoms with Crippen molar-refractivity contribution in [3.63, 3.8) is 0 Å². The van der Waals surface area contributed by atoms with E-state index in [2.05, 4.69) is 19.9 Å². The molecule has 1 aliphatic heterocycles. The number of carbonyl (C=O) groups excluding carboxylic acids is 1. The number of ketones is 1. The molecule has 0 radical (unpaired) electrons. The quantitative estimate of drug-likeness (QED) is 0.590. The lowest BCUT2D eigenvalue weighted by atomic mass is 9.47. The van der Waals surface area contributed by atoms with Crippen LogP contribution in [0.5, 0.6) is 0 Å². The Balaban J connectivity index is 1.51. The first-order chi connectivity index (χ1) is 11.3. The van der Waals surface area contributed by atoms with Crippen LogP contribution in [0.2, 0.25) is 0 Å². The smallest absolute Gasteiger partial charge is 0.164 e. The van der Waals surface area contributed by atoms with Crippen LogP contribution in [-0.4, -0.2) is 28.7 Å². The molecule has 1 N–H and O–H groups in total. The zero-order valence-corrected chi connectivity index (χ0v) is 15.2. The van der Waals surface area contributed by atoms with Crippen LogP contribution in [0, 0.1) is 28.6 Å². The van der Waals surface area contributed by atoms with Crippen LogP contribution in [0.25, 0.3) is 0 Å². The molecule has 0 spiro atoms. The van der Waals surface area contributed by atoms with E-state index < -0.39 is 5.60 Å². The molecule has 5 rings (SSSR count). The van der Waals surface area contributed by atoms with Crippen molar-refractivity contribution in [2.24, 2.45) is 28.6 Å². The average Bonchev–Trinajstić information content (AvgIpc) is 3.21. The monoisotopic (exact) mass is 330 g/mol. The molecule has 0 aromatic carbocycles. The van der Waals surface area contributed by atoms with Crippen molar-refractivity contribution < 1.29 is 14.6 Å². The summed E-state index contributed by atoms with van der Waals surface area (Å²) >= 11 is 0. The summed E-state index contributed by atoms with van der Waals surface area (Å²) in [7, 11) is 0. The van der Waals surface area contributed by atoms with E-state index in [0.29, 0.717) is 11.8 Å². The van der Waals surface area contributed by atoms with Crippen LogP contribution in [0.4, 0.5) is 0 Å². The molecule has 0 aromatic heterocycles. The van der Waals surface area contributed by atoms with Crippen molar-refractivity contribution in [3.05, 3.63) is 11.6 Å². The van der Waals surface area contributed by atoms with Gasteiger partial charge >= 0.3 is 0 Å². The predicted molar refractivity (Wildman–Crippen MR) is 91.4 cm³/mol. The lowest BCUT2D eigenvalue weighted by Crippen LogP contribution is -2.54. The molecule has 0 aromatic rings. The molecule has 3 saturated carbocycles. The number of allylic oxidation sites excluding steroid dienone is 1. The summed E-state index contributed by atoms with van der Waals surface area (Å²) in [4.78, 5) is 12.4. The van der Waals surface area contributed by atoms with Gasteiger partial charge in [0.15, 0.2) is 11.4 Å². The maximum Gasteiger partial charge on any atom is 0.164 e. The number of hydrogen-bond donors (Lipinski definition) is 1. The lowest BCUT2D eigenvalue weighted by Gasteiger charge is -2.58. The second kappa shape index (κ2) is 4.54. The van der Waals surface area contributed by atoms with Gasteiger partial charge in [0.25, 0.3) is 0 Å². The van der Waals surface area contributed by atoms with Gasteiger partial charge in [-0.05, 0) is 75.0 Å². The molecular weight excluding hydrogens is 300 g/mol. The first kappa shape index (κ1) is 15.6. The Kier molecular flexibility index (Phi) is 2.94. The van der Waals surface area contributed by atoms with Gasteiger partial charge < -0.3 is 9.84 Å². The van der Waals surface area contributed by atoms with Crippen molar-refractivity contribution in [3.8, 4) is 0 Å². The summed E-state index contributed by atoms with van der Waals surface area (Å²) in [6.07, 6.45) is 10.0. The largest absolute Gasteiger partial charge is 0.393 e. The number of fused-ring (bicyclic) bond motifs is 7. The fourth-order valence-corrected chi connectivity index (χ4v) is 7.71. The van der Waals surface area contributed by atoms with Gasteiger partial charge in [0.2, 0.25) is 0 Å². The number of aliphatic hydroxyl groups is 1. The van der Waals surface area contributed by atoms with Crippen molar-refractivity contribution in [2.45, 2.75) is 83.5 Å². The Bertz CT molecular complexity index is 639. The van der Waals surface area contributed by atoms with E-state index in [1.54, 1.807) is 6.92 Å². The van der Waals surface area contributed by atoms with Gasteiger partial charge in [-0.1, -0.05) is 25.5 Å². The second-order valence-corrected chi connectivity index (χ2v) is 9.75. The van der Waals surface area contributed by atoms with Gasteiger partial charge in [0.1, 0.15) is 0 Å². The summed E-state index contributed by atoms with van der Waals surface area (Å²) in [5.41, 5.74) is 1.39. The minimum Gasteiger partial charge on any atom is -0.393 e. The third-order valence-corrected chi connectivity index (χ3v) is 9.03. The predicted octanol–water partition coefficient (Wildman–Crippen LogP) is 3.65. The topological polar surface area (TPSA) is 49.8 Å². The molecule has 4 fully saturated rings. The minimum atomic E-state index is -0.448. The lowest BCUT2D eigenvalue weighted by molar-refractivity contribution is -0.135. The first-order valence-electron chi connectivity index (χ1n) is 9.89. The highest BCUT2D eigenvalue weighted by atomic mass is 16.6. The van der Waals surface area contributed by atoms with Crippen LogP contribution in [-0.2, 0) is 9.53 Å². The maximum atomic E-state index is 12.4. The molecule has 0 unspecified atom stereocenters. The Morgan fingerprint density at radius 1 is 1.25 bits per heavy atom. The van der Waals surface area contributed by atoms with Gasteiger partial charge in [0.05, 0.1) is 12.2 Å². The molecular formula is C21H30O3. The van der Waals surface area contributed by atoms with Gasteiger partial charge in [-0.2, -0.15) is 0 Å². The molecule has 132 valence electrons. The van der Waals surface area contributed by atoms with E-state index >= 15 is 0 Å². The highest BCUT2D eigenvalue weighted by Crippen LogP contribution is 2.73. The number of Topliss-reactive ketones (excluding diaryl/α,β-unsaturated/α-hetero) is 1. The molecule has 3 nitrogen and oxygen atoms in total. The summed E-state index contributed by atoms with van der Waals surface area (Å²) in [5, 5.41) is 10.1. The molecule has 0 bridgehead atoms. The molecule has 0 amide bonds.